The van der Waals surface area contributed by atoms with Crippen molar-refractivity contribution in [3.05, 3.63) is 101 Å². The molecule has 0 atom stereocenters. The average Bonchev–Trinajstić information content (AvgIpc) is 2.86. The number of benzene rings is 3. The molecule has 1 amide bonds. The van der Waals surface area contributed by atoms with Crippen LogP contribution in [0.5, 0.6) is 5.75 Å². The lowest BCUT2D eigenvalue weighted by molar-refractivity contribution is -0.126. The summed E-state index contributed by atoms with van der Waals surface area (Å²) in [4.78, 5) is 15.3. The Hall–Kier alpha value is -3.33. The summed E-state index contributed by atoms with van der Waals surface area (Å²) in [5.41, 5.74) is 4.91. The SMILES string of the molecule is COc1ccc2c(c1)CN(Cc1ccccc1)C(=O)C(c1ccccc1)=C2. The fourth-order valence-corrected chi connectivity index (χ4v) is 3.41. The summed E-state index contributed by atoms with van der Waals surface area (Å²) in [6, 6.07) is 25.9. The summed E-state index contributed by atoms with van der Waals surface area (Å²) < 4.78 is 5.39. The van der Waals surface area contributed by atoms with Crippen molar-refractivity contribution in [2.24, 2.45) is 0 Å². The van der Waals surface area contributed by atoms with Gasteiger partial charge in [0.1, 0.15) is 5.75 Å². The number of fused-ring (bicyclic) bond motifs is 1. The third-order valence-corrected chi connectivity index (χ3v) is 4.83. The molecule has 0 spiro atoms. The number of nitrogens with zero attached hydrogens (tertiary/aromatic N) is 1. The molecule has 3 aromatic rings. The normalized spacial score (nSPS) is 13.6. The van der Waals surface area contributed by atoms with E-state index in [4.69, 9.17) is 4.74 Å². The van der Waals surface area contributed by atoms with Gasteiger partial charge in [0, 0.05) is 18.7 Å². The van der Waals surface area contributed by atoms with Gasteiger partial charge < -0.3 is 9.64 Å². The fraction of sp³-hybridized carbons (Fsp3) is 0.125. The molecule has 4 rings (SSSR count). The minimum Gasteiger partial charge on any atom is -0.497 e. The molecule has 0 fully saturated rings. The van der Waals surface area contributed by atoms with E-state index in [0.29, 0.717) is 13.1 Å². The second-order valence-electron chi connectivity index (χ2n) is 6.64. The molecule has 0 saturated heterocycles. The molecule has 134 valence electrons. The van der Waals surface area contributed by atoms with Crippen molar-refractivity contribution in [3.63, 3.8) is 0 Å². The molecular formula is C24H21NO2. The van der Waals surface area contributed by atoms with Crippen molar-refractivity contribution in [1.82, 2.24) is 4.90 Å². The van der Waals surface area contributed by atoms with Crippen molar-refractivity contribution in [1.29, 1.82) is 0 Å². The van der Waals surface area contributed by atoms with Gasteiger partial charge in [-0.3, -0.25) is 4.79 Å². The van der Waals surface area contributed by atoms with E-state index >= 15 is 0 Å². The van der Waals surface area contributed by atoms with Gasteiger partial charge in [-0.15, -0.1) is 0 Å². The monoisotopic (exact) mass is 355 g/mol. The van der Waals surface area contributed by atoms with Crippen molar-refractivity contribution < 1.29 is 9.53 Å². The molecule has 3 heteroatoms. The van der Waals surface area contributed by atoms with Crippen LogP contribution in [-0.2, 0) is 17.9 Å². The Labute approximate surface area is 159 Å². The number of ether oxygens (including phenoxy) is 1. The Bertz CT molecular complexity index is 978. The third kappa shape index (κ3) is 3.63. The summed E-state index contributed by atoms with van der Waals surface area (Å²) in [6.45, 7) is 1.12. The Kier molecular flexibility index (Phi) is 4.75. The van der Waals surface area contributed by atoms with E-state index < -0.39 is 0 Å². The van der Waals surface area contributed by atoms with E-state index in [1.165, 1.54) is 0 Å². The zero-order valence-electron chi connectivity index (χ0n) is 15.3. The number of carbonyl (C=O) groups is 1. The van der Waals surface area contributed by atoms with Crippen molar-refractivity contribution in [2.75, 3.05) is 7.11 Å². The van der Waals surface area contributed by atoms with Crippen LogP contribution in [0.2, 0.25) is 0 Å². The van der Waals surface area contributed by atoms with Gasteiger partial charge in [0.2, 0.25) is 0 Å². The van der Waals surface area contributed by atoms with E-state index in [1.54, 1.807) is 7.11 Å². The molecule has 27 heavy (non-hydrogen) atoms. The predicted molar refractivity (Wildman–Crippen MR) is 108 cm³/mol. The van der Waals surface area contributed by atoms with E-state index in [9.17, 15) is 4.79 Å². The van der Waals surface area contributed by atoms with Gasteiger partial charge >= 0.3 is 0 Å². The predicted octanol–water partition coefficient (Wildman–Crippen LogP) is 4.78. The molecule has 0 bridgehead atoms. The standard InChI is InChI=1S/C24H21NO2/c1-27-22-13-12-20-15-23(19-10-6-3-7-11-19)24(26)25(17-21(20)14-22)16-18-8-4-2-5-9-18/h2-15H,16-17H2,1H3. The van der Waals surface area contributed by atoms with Crippen molar-refractivity contribution in [2.45, 2.75) is 13.1 Å². The first-order chi connectivity index (χ1) is 13.2. The number of amides is 1. The van der Waals surface area contributed by atoms with Crippen LogP contribution in [-0.4, -0.2) is 17.9 Å². The molecule has 0 aromatic heterocycles. The zero-order valence-corrected chi connectivity index (χ0v) is 15.3. The molecule has 0 unspecified atom stereocenters. The van der Waals surface area contributed by atoms with Crippen LogP contribution in [0.25, 0.3) is 11.6 Å². The van der Waals surface area contributed by atoms with Crippen LogP contribution in [0.3, 0.4) is 0 Å². The molecule has 0 saturated carbocycles. The number of hydrogen-bond donors (Lipinski definition) is 0. The summed E-state index contributed by atoms with van der Waals surface area (Å²) in [6.07, 6.45) is 2.00. The first kappa shape index (κ1) is 17.1. The van der Waals surface area contributed by atoms with Crippen molar-refractivity contribution >= 4 is 17.6 Å². The van der Waals surface area contributed by atoms with Gasteiger partial charge in [0.15, 0.2) is 0 Å². The minimum absolute atomic E-state index is 0.0419. The maximum atomic E-state index is 13.4. The third-order valence-electron chi connectivity index (χ3n) is 4.83. The molecule has 1 heterocycles. The minimum atomic E-state index is 0.0419. The highest BCUT2D eigenvalue weighted by molar-refractivity contribution is 6.24. The van der Waals surface area contributed by atoms with E-state index in [-0.39, 0.29) is 5.91 Å². The molecule has 1 aliphatic rings. The summed E-state index contributed by atoms with van der Waals surface area (Å²) in [7, 11) is 1.66. The molecule has 1 aliphatic heterocycles. The van der Waals surface area contributed by atoms with Crippen LogP contribution in [0.1, 0.15) is 22.3 Å². The zero-order chi connectivity index (χ0) is 18.6. The molecular weight excluding hydrogens is 334 g/mol. The number of hydrogen-bond acceptors (Lipinski definition) is 2. The Morgan fingerprint density at radius 2 is 1.63 bits per heavy atom. The van der Waals surface area contributed by atoms with Gasteiger partial charge in [-0.2, -0.15) is 0 Å². The second-order valence-corrected chi connectivity index (χ2v) is 6.64. The lowest BCUT2D eigenvalue weighted by Gasteiger charge is -2.23. The topological polar surface area (TPSA) is 29.5 Å². The van der Waals surface area contributed by atoms with Gasteiger partial charge in [-0.25, -0.2) is 0 Å². The highest BCUT2D eigenvalue weighted by atomic mass is 16.5. The fourth-order valence-electron chi connectivity index (χ4n) is 3.41. The number of rotatable bonds is 4. The van der Waals surface area contributed by atoms with E-state index in [2.05, 4.69) is 12.1 Å². The molecule has 0 radical (unpaired) electrons. The maximum Gasteiger partial charge on any atom is 0.255 e. The van der Waals surface area contributed by atoms with Crippen molar-refractivity contribution in [3.8, 4) is 5.75 Å². The molecule has 3 nitrogen and oxygen atoms in total. The molecule has 3 aromatic carbocycles. The van der Waals surface area contributed by atoms with Crippen LogP contribution >= 0.6 is 0 Å². The smallest absolute Gasteiger partial charge is 0.255 e. The first-order valence-corrected chi connectivity index (χ1v) is 9.02. The maximum absolute atomic E-state index is 13.4. The van der Waals surface area contributed by atoms with Crippen LogP contribution in [0.4, 0.5) is 0 Å². The second kappa shape index (κ2) is 7.50. The number of methoxy groups -OCH3 is 1. The van der Waals surface area contributed by atoms with Gasteiger partial charge in [-0.1, -0.05) is 66.7 Å². The van der Waals surface area contributed by atoms with Gasteiger partial charge in [0.25, 0.3) is 5.91 Å². The van der Waals surface area contributed by atoms with Crippen LogP contribution in [0, 0.1) is 0 Å². The van der Waals surface area contributed by atoms with E-state index in [1.807, 2.05) is 77.7 Å². The van der Waals surface area contributed by atoms with Gasteiger partial charge in [-0.05, 0) is 40.5 Å². The Balaban J connectivity index is 1.79. The van der Waals surface area contributed by atoms with Crippen LogP contribution in [0.15, 0.2) is 78.9 Å². The average molecular weight is 355 g/mol. The van der Waals surface area contributed by atoms with Gasteiger partial charge in [0.05, 0.1) is 7.11 Å². The summed E-state index contributed by atoms with van der Waals surface area (Å²) >= 11 is 0. The van der Waals surface area contributed by atoms with E-state index in [0.717, 1.165) is 33.6 Å². The lowest BCUT2D eigenvalue weighted by Crippen LogP contribution is -2.29. The lowest BCUT2D eigenvalue weighted by atomic mass is 10.0. The summed E-state index contributed by atoms with van der Waals surface area (Å²) in [5, 5.41) is 0. The Morgan fingerprint density at radius 3 is 2.33 bits per heavy atom. The molecule has 0 N–H and O–H groups in total. The van der Waals surface area contributed by atoms with Crippen LogP contribution < -0.4 is 4.74 Å². The number of carbonyl (C=O) groups excluding carboxylic acids is 1. The Morgan fingerprint density at radius 1 is 0.926 bits per heavy atom. The summed E-state index contributed by atoms with van der Waals surface area (Å²) in [5.74, 6) is 0.845. The highest BCUT2D eigenvalue weighted by Crippen LogP contribution is 2.30. The quantitative estimate of drug-likeness (QED) is 0.674. The largest absolute Gasteiger partial charge is 0.497 e. The first-order valence-electron chi connectivity index (χ1n) is 9.02. The highest BCUT2D eigenvalue weighted by Gasteiger charge is 2.24. The molecule has 0 aliphatic carbocycles.